The second-order valence-corrected chi connectivity index (χ2v) is 4.43. The van der Waals surface area contributed by atoms with E-state index in [4.69, 9.17) is 4.52 Å². The predicted octanol–water partition coefficient (Wildman–Crippen LogP) is 3.17. The van der Waals surface area contributed by atoms with Crippen LogP contribution in [-0.4, -0.2) is 11.2 Å². The van der Waals surface area contributed by atoms with Crippen molar-refractivity contribution < 1.29 is 9.32 Å². The molecule has 5 heteroatoms. The molecule has 1 atom stereocenters. The van der Waals surface area contributed by atoms with Gasteiger partial charge in [-0.3, -0.25) is 0 Å². The third kappa shape index (κ3) is 3.13. The zero-order valence-corrected chi connectivity index (χ0v) is 11.2. The Bertz CT molecular complexity index is 544. The summed E-state index contributed by atoms with van der Waals surface area (Å²) in [7, 11) is 0. The first-order chi connectivity index (χ1) is 9.08. The Morgan fingerprint density at radius 3 is 2.53 bits per heavy atom. The minimum atomic E-state index is -0.272. The summed E-state index contributed by atoms with van der Waals surface area (Å²) in [6.45, 7) is 5.48. The number of rotatable bonds is 3. The van der Waals surface area contributed by atoms with E-state index in [-0.39, 0.29) is 12.1 Å². The van der Waals surface area contributed by atoms with Gasteiger partial charge in [-0.25, -0.2) is 4.79 Å². The molecule has 2 aromatic rings. The molecule has 0 radical (unpaired) electrons. The molecule has 0 spiro atoms. The largest absolute Gasteiger partial charge is 0.359 e. The van der Waals surface area contributed by atoms with Gasteiger partial charge in [0.05, 0.1) is 6.04 Å². The van der Waals surface area contributed by atoms with Gasteiger partial charge >= 0.3 is 6.03 Å². The predicted molar refractivity (Wildman–Crippen MR) is 73.0 cm³/mol. The van der Waals surface area contributed by atoms with Gasteiger partial charge in [0, 0.05) is 0 Å². The number of hydrogen-bond donors (Lipinski definition) is 2. The van der Waals surface area contributed by atoms with Gasteiger partial charge in [-0.05, 0) is 26.3 Å². The molecule has 2 rings (SSSR count). The standard InChI is InChI=1S/C14H17N3O2/c1-9(12-7-5-4-6-8-12)15-14(18)16-13-10(2)17-19-11(13)3/h4-9H,1-3H3,(H2,15,16,18). The topological polar surface area (TPSA) is 67.2 Å². The normalized spacial score (nSPS) is 11.9. The van der Waals surface area contributed by atoms with Crippen molar-refractivity contribution in [2.45, 2.75) is 26.8 Å². The number of nitrogens with zero attached hydrogens (tertiary/aromatic N) is 1. The molecular weight excluding hydrogens is 242 g/mol. The van der Waals surface area contributed by atoms with Gasteiger partial charge in [0.15, 0.2) is 5.76 Å². The fourth-order valence-electron chi connectivity index (χ4n) is 1.83. The highest BCUT2D eigenvalue weighted by Crippen LogP contribution is 2.19. The Morgan fingerprint density at radius 1 is 1.26 bits per heavy atom. The van der Waals surface area contributed by atoms with Gasteiger partial charge in [-0.15, -0.1) is 0 Å². The van der Waals surface area contributed by atoms with E-state index in [1.807, 2.05) is 37.3 Å². The molecule has 0 aliphatic carbocycles. The van der Waals surface area contributed by atoms with Crippen LogP contribution in [0.25, 0.3) is 0 Å². The van der Waals surface area contributed by atoms with Crippen molar-refractivity contribution >= 4 is 11.7 Å². The maximum absolute atomic E-state index is 11.9. The van der Waals surface area contributed by atoms with Crippen molar-refractivity contribution in [1.82, 2.24) is 10.5 Å². The number of benzene rings is 1. The van der Waals surface area contributed by atoms with E-state index < -0.39 is 0 Å². The summed E-state index contributed by atoms with van der Waals surface area (Å²) in [6.07, 6.45) is 0. The van der Waals surface area contributed by atoms with Crippen LogP contribution in [-0.2, 0) is 0 Å². The summed E-state index contributed by atoms with van der Waals surface area (Å²) in [4.78, 5) is 11.9. The van der Waals surface area contributed by atoms with Crippen molar-refractivity contribution in [3.63, 3.8) is 0 Å². The second-order valence-electron chi connectivity index (χ2n) is 4.43. The zero-order valence-electron chi connectivity index (χ0n) is 11.2. The summed E-state index contributed by atoms with van der Waals surface area (Å²) in [5.74, 6) is 0.597. The van der Waals surface area contributed by atoms with Crippen LogP contribution in [0, 0.1) is 13.8 Å². The van der Waals surface area contributed by atoms with E-state index in [9.17, 15) is 4.79 Å². The lowest BCUT2D eigenvalue weighted by Crippen LogP contribution is -2.31. The third-order valence-electron chi connectivity index (χ3n) is 2.92. The van der Waals surface area contributed by atoms with Gasteiger partial charge in [-0.2, -0.15) is 0 Å². The van der Waals surface area contributed by atoms with E-state index in [1.165, 1.54) is 0 Å². The molecule has 1 unspecified atom stereocenters. The summed E-state index contributed by atoms with van der Waals surface area (Å²) in [6, 6.07) is 9.44. The summed E-state index contributed by atoms with van der Waals surface area (Å²) < 4.78 is 4.99. The quantitative estimate of drug-likeness (QED) is 0.889. The van der Waals surface area contributed by atoms with Crippen LogP contribution in [0.2, 0.25) is 0 Å². The summed E-state index contributed by atoms with van der Waals surface area (Å²) >= 11 is 0. The maximum atomic E-state index is 11.9. The molecule has 1 aromatic heterocycles. The third-order valence-corrected chi connectivity index (χ3v) is 2.92. The Hall–Kier alpha value is -2.30. The van der Waals surface area contributed by atoms with Crippen molar-refractivity contribution in [2.75, 3.05) is 5.32 Å². The molecule has 0 bridgehead atoms. The van der Waals surface area contributed by atoms with E-state index >= 15 is 0 Å². The smallest absolute Gasteiger partial charge is 0.319 e. The molecule has 100 valence electrons. The highest BCUT2D eigenvalue weighted by atomic mass is 16.5. The average molecular weight is 259 g/mol. The van der Waals surface area contributed by atoms with E-state index in [2.05, 4.69) is 15.8 Å². The number of hydrogen-bond acceptors (Lipinski definition) is 3. The minimum Gasteiger partial charge on any atom is -0.359 e. The van der Waals surface area contributed by atoms with Gasteiger partial charge < -0.3 is 15.2 Å². The number of aryl methyl sites for hydroxylation is 2. The van der Waals surface area contributed by atoms with Crippen LogP contribution in [0.15, 0.2) is 34.9 Å². The van der Waals surface area contributed by atoms with Gasteiger partial charge in [-0.1, -0.05) is 35.5 Å². The number of carbonyl (C=O) groups excluding carboxylic acids is 1. The lowest BCUT2D eigenvalue weighted by molar-refractivity contribution is 0.249. The molecule has 1 aromatic carbocycles. The van der Waals surface area contributed by atoms with Crippen LogP contribution >= 0.6 is 0 Å². The fraction of sp³-hybridized carbons (Fsp3) is 0.286. The lowest BCUT2D eigenvalue weighted by Gasteiger charge is -2.14. The molecule has 0 fully saturated rings. The maximum Gasteiger partial charge on any atom is 0.319 e. The van der Waals surface area contributed by atoms with Gasteiger partial charge in [0.25, 0.3) is 0 Å². The Labute approximate surface area is 112 Å². The number of anilines is 1. The number of amides is 2. The van der Waals surface area contributed by atoms with Gasteiger partial charge in [0.2, 0.25) is 0 Å². The SMILES string of the molecule is Cc1noc(C)c1NC(=O)NC(C)c1ccccc1. The number of nitrogens with one attached hydrogen (secondary N) is 2. The first-order valence-corrected chi connectivity index (χ1v) is 6.13. The summed E-state index contributed by atoms with van der Waals surface area (Å²) in [5, 5.41) is 9.41. The van der Waals surface area contributed by atoms with Crippen molar-refractivity contribution in [1.29, 1.82) is 0 Å². The van der Waals surface area contributed by atoms with Crippen LogP contribution in [0.3, 0.4) is 0 Å². The molecule has 5 nitrogen and oxygen atoms in total. The van der Waals surface area contributed by atoms with Gasteiger partial charge in [0.1, 0.15) is 11.4 Å². The number of urea groups is 1. The van der Waals surface area contributed by atoms with Crippen molar-refractivity contribution in [3.8, 4) is 0 Å². The summed E-state index contributed by atoms with van der Waals surface area (Å²) in [5.41, 5.74) is 2.34. The average Bonchev–Trinajstić information content (AvgIpc) is 2.71. The fourth-order valence-corrected chi connectivity index (χ4v) is 1.83. The van der Waals surface area contributed by atoms with E-state index in [0.717, 1.165) is 5.56 Å². The van der Waals surface area contributed by atoms with Crippen LogP contribution in [0.5, 0.6) is 0 Å². The number of carbonyl (C=O) groups is 1. The molecule has 0 aliphatic rings. The minimum absolute atomic E-state index is 0.0679. The molecule has 0 saturated heterocycles. The van der Waals surface area contributed by atoms with E-state index in [0.29, 0.717) is 17.1 Å². The molecule has 19 heavy (non-hydrogen) atoms. The Morgan fingerprint density at radius 2 is 1.95 bits per heavy atom. The second kappa shape index (κ2) is 5.56. The molecular formula is C14H17N3O2. The van der Waals surface area contributed by atoms with Crippen molar-refractivity contribution in [3.05, 3.63) is 47.3 Å². The highest BCUT2D eigenvalue weighted by Gasteiger charge is 2.14. The molecule has 2 amide bonds. The molecule has 0 aliphatic heterocycles. The zero-order chi connectivity index (χ0) is 13.8. The molecule has 0 saturated carbocycles. The first kappa shape index (κ1) is 13.1. The van der Waals surface area contributed by atoms with Crippen LogP contribution < -0.4 is 10.6 Å². The first-order valence-electron chi connectivity index (χ1n) is 6.13. The lowest BCUT2D eigenvalue weighted by atomic mass is 10.1. The van der Waals surface area contributed by atoms with Crippen LogP contribution in [0.1, 0.15) is 30.0 Å². The molecule has 2 N–H and O–H groups in total. The Balaban J connectivity index is 1.99. The highest BCUT2D eigenvalue weighted by molar-refractivity contribution is 5.90. The van der Waals surface area contributed by atoms with Crippen LogP contribution in [0.4, 0.5) is 10.5 Å². The number of aromatic nitrogens is 1. The monoisotopic (exact) mass is 259 g/mol. The van der Waals surface area contributed by atoms with Crippen molar-refractivity contribution in [2.24, 2.45) is 0 Å². The van der Waals surface area contributed by atoms with E-state index in [1.54, 1.807) is 13.8 Å². The Kier molecular flexibility index (Phi) is 3.85. The molecule has 1 heterocycles.